The Hall–Kier alpha value is -3.14. The molecule has 2 N–H and O–H groups in total. The molecule has 0 aliphatic carbocycles. The van der Waals surface area contributed by atoms with E-state index in [1.54, 1.807) is 43.6 Å². The lowest BCUT2D eigenvalue weighted by atomic mass is 10.1. The molecule has 10 heteroatoms. The van der Waals surface area contributed by atoms with Crippen LogP contribution in [-0.4, -0.2) is 26.5 Å². The summed E-state index contributed by atoms with van der Waals surface area (Å²) in [7, 11) is -0.725. The van der Waals surface area contributed by atoms with E-state index in [1.807, 2.05) is 0 Å². The summed E-state index contributed by atoms with van der Waals surface area (Å²) in [5.74, 6) is -1.51. The lowest BCUT2D eigenvalue weighted by Crippen LogP contribution is -2.12. The molecule has 6 nitrogen and oxygen atoms in total. The third-order valence-corrected chi connectivity index (χ3v) is 7.04. The van der Waals surface area contributed by atoms with E-state index in [9.17, 15) is 17.2 Å². The summed E-state index contributed by atoms with van der Waals surface area (Å²) in [4.78, 5) is 0.0692. The molecule has 0 bridgehead atoms. The Morgan fingerprint density at radius 1 is 1.03 bits per heavy atom. The number of ether oxygens (including phenoxy) is 1. The van der Waals surface area contributed by atoms with Gasteiger partial charge in [0.1, 0.15) is 5.75 Å². The third-order valence-electron chi connectivity index (χ3n) is 5.37. The van der Waals surface area contributed by atoms with Gasteiger partial charge in [0, 0.05) is 29.9 Å². The lowest BCUT2D eigenvalue weighted by Gasteiger charge is -2.12. The Kier molecular flexibility index (Phi) is 7.50. The SMILES string of the molecule is CNCc1cn(S(=O)(=O)c2cccc(OC)c2)c2cc(Nc3ccc(C)c(F)c3F)ccc12.Cl. The van der Waals surface area contributed by atoms with Crippen LogP contribution in [0.3, 0.4) is 0 Å². The van der Waals surface area contributed by atoms with Crippen molar-refractivity contribution in [1.29, 1.82) is 0 Å². The van der Waals surface area contributed by atoms with Gasteiger partial charge in [-0.15, -0.1) is 12.4 Å². The normalized spacial score (nSPS) is 11.3. The Bertz CT molecular complexity index is 1460. The number of aryl methyl sites for hydroxylation is 1. The van der Waals surface area contributed by atoms with E-state index in [2.05, 4.69) is 10.6 Å². The van der Waals surface area contributed by atoms with Gasteiger partial charge in [-0.25, -0.2) is 21.2 Å². The Morgan fingerprint density at radius 2 is 1.79 bits per heavy atom. The average molecular weight is 508 g/mol. The summed E-state index contributed by atoms with van der Waals surface area (Å²) in [6.45, 7) is 1.93. The molecular weight excluding hydrogens is 484 g/mol. The predicted molar refractivity (Wildman–Crippen MR) is 132 cm³/mol. The second kappa shape index (κ2) is 10.0. The van der Waals surface area contributed by atoms with Gasteiger partial charge >= 0.3 is 0 Å². The van der Waals surface area contributed by atoms with Crippen molar-refractivity contribution >= 4 is 44.7 Å². The zero-order chi connectivity index (χ0) is 23.8. The van der Waals surface area contributed by atoms with Gasteiger partial charge in [-0.1, -0.05) is 18.2 Å². The first-order valence-corrected chi connectivity index (χ1v) is 11.6. The second-order valence-electron chi connectivity index (χ2n) is 7.58. The number of methoxy groups -OCH3 is 1. The number of anilines is 2. The molecule has 3 aromatic carbocycles. The van der Waals surface area contributed by atoms with Crippen molar-refractivity contribution in [1.82, 2.24) is 9.29 Å². The van der Waals surface area contributed by atoms with E-state index >= 15 is 0 Å². The molecule has 1 aromatic heterocycles. The zero-order valence-electron chi connectivity index (χ0n) is 18.7. The van der Waals surface area contributed by atoms with Crippen molar-refractivity contribution < 1.29 is 21.9 Å². The first kappa shape index (κ1) is 25.5. The van der Waals surface area contributed by atoms with E-state index in [4.69, 9.17) is 4.74 Å². The van der Waals surface area contributed by atoms with Crippen molar-refractivity contribution in [3.8, 4) is 5.75 Å². The van der Waals surface area contributed by atoms with Gasteiger partial charge in [-0.3, -0.25) is 0 Å². The van der Waals surface area contributed by atoms with Crippen LogP contribution in [0.15, 0.2) is 65.7 Å². The molecule has 180 valence electrons. The van der Waals surface area contributed by atoms with Gasteiger partial charge in [0.25, 0.3) is 10.0 Å². The van der Waals surface area contributed by atoms with Crippen LogP contribution in [0.2, 0.25) is 0 Å². The maximum absolute atomic E-state index is 14.4. The van der Waals surface area contributed by atoms with Crippen LogP contribution >= 0.6 is 12.4 Å². The van der Waals surface area contributed by atoms with Crippen LogP contribution in [0.5, 0.6) is 5.75 Å². The number of hydrogen-bond donors (Lipinski definition) is 2. The molecule has 4 aromatic rings. The average Bonchev–Trinajstić information content (AvgIpc) is 3.18. The first-order valence-electron chi connectivity index (χ1n) is 10.2. The smallest absolute Gasteiger partial charge is 0.268 e. The molecule has 0 unspecified atom stereocenters. The number of benzene rings is 3. The van der Waals surface area contributed by atoms with Gasteiger partial charge in [-0.05, 0) is 55.4 Å². The van der Waals surface area contributed by atoms with Crippen LogP contribution in [0, 0.1) is 18.6 Å². The van der Waals surface area contributed by atoms with Crippen molar-refractivity contribution in [3.63, 3.8) is 0 Å². The topological polar surface area (TPSA) is 72.4 Å². The molecule has 0 aliphatic rings. The molecule has 0 amide bonds. The zero-order valence-corrected chi connectivity index (χ0v) is 20.4. The second-order valence-corrected chi connectivity index (χ2v) is 9.39. The standard InChI is InChI=1S/C24H23F2N3O3S.ClH/c1-15-7-10-21(24(26)23(15)25)28-17-8-9-20-16(13-27-2)14-29(22(20)11-17)33(30,31)19-6-4-5-18(12-19)32-3;/h4-12,14,27-28H,13H2,1-3H3;1H. The number of halogens is 3. The molecule has 0 radical (unpaired) electrons. The van der Waals surface area contributed by atoms with Crippen LogP contribution < -0.4 is 15.4 Å². The molecule has 0 fully saturated rings. The Labute approximate surface area is 203 Å². The molecule has 4 rings (SSSR count). The lowest BCUT2D eigenvalue weighted by molar-refractivity contribution is 0.413. The number of aromatic nitrogens is 1. The summed E-state index contributed by atoms with van der Waals surface area (Å²) < 4.78 is 61.7. The predicted octanol–water partition coefficient (Wildman–Crippen LogP) is 5.36. The van der Waals surface area contributed by atoms with Crippen molar-refractivity contribution in [2.45, 2.75) is 18.4 Å². The molecule has 0 saturated carbocycles. The van der Waals surface area contributed by atoms with E-state index in [1.165, 1.54) is 42.3 Å². The molecule has 0 atom stereocenters. The molecule has 34 heavy (non-hydrogen) atoms. The minimum Gasteiger partial charge on any atom is -0.497 e. The summed E-state index contributed by atoms with van der Waals surface area (Å²) in [5, 5.41) is 6.61. The summed E-state index contributed by atoms with van der Waals surface area (Å²) in [5.41, 5.74) is 1.75. The minimum absolute atomic E-state index is 0. The minimum atomic E-state index is -3.96. The number of nitrogens with zero attached hydrogens (tertiary/aromatic N) is 1. The molecule has 0 saturated heterocycles. The van der Waals surface area contributed by atoms with Crippen LogP contribution in [0.4, 0.5) is 20.2 Å². The number of hydrogen-bond acceptors (Lipinski definition) is 5. The molecule has 0 spiro atoms. The third kappa shape index (κ3) is 4.59. The quantitative estimate of drug-likeness (QED) is 0.352. The highest BCUT2D eigenvalue weighted by atomic mass is 35.5. The van der Waals surface area contributed by atoms with Crippen LogP contribution in [0.1, 0.15) is 11.1 Å². The number of nitrogens with one attached hydrogen (secondary N) is 2. The van der Waals surface area contributed by atoms with Gasteiger partial charge in [-0.2, -0.15) is 0 Å². The summed E-state index contributed by atoms with van der Waals surface area (Å²) in [6.07, 6.45) is 1.56. The van der Waals surface area contributed by atoms with Gasteiger partial charge in [0.2, 0.25) is 0 Å². The van der Waals surface area contributed by atoms with Gasteiger partial charge in [0.15, 0.2) is 11.6 Å². The highest BCUT2D eigenvalue weighted by Crippen LogP contribution is 2.31. The summed E-state index contributed by atoms with van der Waals surface area (Å²) in [6, 6.07) is 14.2. The highest BCUT2D eigenvalue weighted by Gasteiger charge is 2.22. The van der Waals surface area contributed by atoms with Crippen molar-refractivity contribution in [3.05, 3.63) is 83.6 Å². The van der Waals surface area contributed by atoms with Gasteiger partial charge in [0.05, 0.1) is 23.2 Å². The van der Waals surface area contributed by atoms with E-state index in [0.717, 1.165) is 10.9 Å². The van der Waals surface area contributed by atoms with Gasteiger partial charge < -0.3 is 15.4 Å². The Morgan fingerprint density at radius 3 is 2.50 bits per heavy atom. The maximum atomic E-state index is 14.4. The monoisotopic (exact) mass is 507 g/mol. The van der Waals surface area contributed by atoms with E-state index < -0.39 is 21.7 Å². The molecule has 1 heterocycles. The first-order chi connectivity index (χ1) is 15.8. The molecular formula is C24H24ClF2N3O3S. The van der Waals surface area contributed by atoms with Crippen LogP contribution in [-0.2, 0) is 16.6 Å². The van der Waals surface area contributed by atoms with Crippen molar-refractivity contribution in [2.75, 3.05) is 19.5 Å². The fraction of sp³-hybridized carbons (Fsp3) is 0.167. The van der Waals surface area contributed by atoms with E-state index in [0.29, 0.717) is 23.5 Å². The summed E-state index contributed by atoms with van der Waals surface area (Å²) >= 11 is 0. The van der Waals surface area contributed by atoms with Crippen LogP contribution in [0.25, 0.3) is 10.9 Å². The van der Waals surface area contributed by atoms with E-state index in [-0.39, 0.29) is 28.6 Å². The molecule has 0 aliphatic heterocycles. The number of rotatable bonds is 7. The fourth-order valence-corrected chi connectivity index (χ4v) is 5.07. The van der Waals surface area contributed by atoms with Crippen molar-refractivity contribution in [2.24, 2.45) is 0 Å². The maximum Gasteiger partial charge on any atom is 0.268 e. The highest BCUT2D eigenvalue weighted by molar-refractivity contribution is 7.90. The Balaban J connectivity index is 0.00000324. The largest absolute Gasteiger partial charge is 0.497 e. The number of fused-ring (bicyclic) bond motifs is 1. The fourth-order valence-electron chi connectivity index (χ4n) is 3.65.